The number of aryl methyl sites for hydroxylation is 1. The van der Waals surface area contributed by atoms with Crippen molar-refractivity contribution >= 4 is 11.6 Å². The topological polar surface area (TPSA) is 77.6 Å². The number of nitrogens with zero attached hydrogens (tertiary/aromatic N) is 5. The maximum absolute atomic E-state index is 12.5. The lowest BCUT2D eigenvalue weighted by Crippen LogP contribution is -2.12. The molecular formula is C20H18N6O. The second-order valence-electron chi connectivity index (χ2n) is 6.25. The number of amides is 1. The lowest BCUT2D eigenvalue weighted by atomic mass is 10.1. The van der Waals surface area contributed by atoms with Crippen LogP contribution in [0.15, 0.2) is 73.6 Å². The van der Waals surface area contributed by atoms with Gasteiger partial charge in [-0.05, 0) is 54.4 Å². The molecule has 1 N–H and O–H groups in total. The van der Waals surface area contributed by atoms with Crippen LogP contribution in [0.2, 0.25) is 0 Å². The molecule has 0 aliphatic carbocycles. The van der Waals surface area contributed by atoms with Crippen LogP contribution < -0.4 is 5.32 Å². The van der Waals surface area contributed by atoms with Crippen molar-refractivity contribution in [3.63, 3.8) is 0 Å². The Bertz CT molecular complexity index is 1030. The molecule has 0 atom stereocenters. The van der Waals surface area contributed by atoms with Crippen molar-refractivity contribution in [2.75, 3.05) is 5.32 Å². The summed E-state index contributed by atoms with van der Waals surface area (Å²) >= 11 is 0. The third kappa shape index (κ3) is 3.92. The molecule has 0 spiro atoms. The zero-order valence-electron chi connectivity index (χ0n) is 14.8. The van der Waals surface area contributed by atoms with Crippen molar-refractivity contribution in [2.24, 2.45) is 0 Å². The molecule has 0 aliphatic heterocycles. The van der Waals surface area contributed by atoms with Gasteiger partial charge >= 0.3 is 0 Å². The molecule has 0 saturated heterocycles. The van der Waals surface area contributed by atoms with Gasteiger partial charge in [-0.25, -0.2) is 14.3 Å². The Morgan fingerprint density at radius 3 is 2.44 bits per heavy atom. The van der Waals surface area contributed by atoms with Crippen molar-refractivity contribution < 1.29 is 4.79 Å². The van der Waals surface area contributed by atoms with E-state index in [9.17, 15) is 4.79 Å². The SMILES string of the molecule is Cc1cnn(-c2ccc(C(=O)Nc3ccc(Cn4cncn4)cc3)cc2)c1. The molecule has 2 heterocycles. The van der Waals surface area contributed by atoms with Gasteiger partial charge < -0.3 is 5.32 Å². The fourth-order valence-corrected chi connectivity index (χ4v) is 2.72. The van der Waals surface area contributed by atoms with Crippen LogP contribution in [0.5, 0.6) is 0 Å². The Morgan fingerprint density at radius 2 is 1.81 bits per heavy atom. The smallest absolute Gasteiger partial charge is 0.255 e. The standard InChI is InChI=1S/C20H18N6O/c1-15-10-22-26(11-15)19-8-4-17(5-9-19)20(27)24-18-6-2-16(3-7-18)12-25-14-21-13-23-25/h2-11,13-14H,12H2,1H3,(H,24,27). The van der Waals surface area contributed by atoms with Gasteiger partial charge in [0.05, 0.1) is 18.4 Å². The summed E-state index contributed by atoms with van der Waals surface area (Å²) in [6.07, 6.45) is 6.92. The van der Waals surface area contributed by atoms with Crippen molar-refractivity contribution in [3.05, 3.63) is 90.3 Å². The molecule has 0 bridgehead atoms. The van der Waals surface area contributed by atoms with E-state index in [0.717, 1.165) is 22.5 Å². The lowest BCUT2D eigenvalue weighted by molar-refractivity contribution is 0.102. The predicted molar refractivity (Wildman–Crippen MR) is 102 cm³/mol. The molecule has 7 nitrogen and oxygen atoms in total. The van der Waals surface area contributed by atoms with E-state index in [1.54, 1.807) is 34.0 Å². The van der Waals surface area contributed by atoms with E-state index in [-0.39, 0.29) is 5.91 Å². The zero-order chi connectivity index (χ0) is 18.6. The Morgan fingerprint density at radius 1 is 1.04 bits per heavy atom. The maximum Gasteiger partial charge on any atom is 0.255 e. The third-order valence-electron chi connectivity index (χ3n) is 4.13. The largest absolute Gasteiger partial charge is 0.322 e. The number of hydrogen-bond donors (Lipinski definition) is 1. The van der Waals surface area contributed by atoms with Crippen molar-refractivity contribution in [1.82, 2.24) is 24.5 Å². The highest BCUT2D eigenvalue weighted by molar-refractivity contribution is 6.04. The minimum absolute atomic E-state index is 0.151. The number of hydrogen-bond acceptors (Lipinski definition) is 4. The molecule has 134 valence electrons. The highest BCUT2D eigenvalue weighted by atomic mass is 16.1. The molecule has 0 radical (unpaired) electrons. The summed E-state index contributed by atoms with van der Waals surface area (Å²) < 4.78 is 3.53. The van der Waals surface area contributed by atoms with E-state index in [1.807, 2.05) is 49.5 Å². The number of nitrogens with one attached hydrogen (secondary N) is 1. The number of carbonyl (C=O) groups excluding carboxylic acids is 1. The number of carbonyl (C=O) groups is 1. The normalized spacial score (nSPS) is 10.7. The number of anilines is 1. The molecule has 0 aliphatic rings. The van der Waals surface area contributed by atoms with E-state index in [4.69, 9.17) is 0 Å². The first-order valence-corrected chi connectivity index (χ1v) is 8.52. The molecule has 4 rings (SSSR count). The van der Waals surface area contributed by atoms with Gasteiger partial charge in [-0.1, -0.05) is 12.1 Å². The monoisotopic (exact) mass is 358 g/mol. The van der Waals surface area contributed by atoms with Gasteiger partial charge in [0.25, 0.3) is 5.91 Å². The van der Waals surface area contributed by atoms with E-state index >= 15 is 0 Å². The summed E-state index contributed by atoms with van der Waals surface area (Å²) in [5.41, 5.74) is 4.42. The van der Waals surface area contributed by atoms with Gasteiger partial charge in [0.2, 0.25) is 0 Å². The summed E-state index contributed by atoms with van der Waals surface area (Å²) in [4.78, 5) is 16.4. The van der Waals surface area contributed by atoms with Gasteiger partial charge in [-0.2, -0.15) is 10.2 Å². The fraction of sp³-hybridized carbons (Fsp3) is 0.100. The average molecular weight is 358 g/mol. The highest BCUT2D eigenvalue weighted by Crippen LogP contribution is 2.14. The molecule has 0 saturated carbocycles. The second-order valence-corrected chi connectivity index (χ2v) is 6.25. The first kappa shape index (κ1) is 16.7. The molecule has 1 amide bonds. The number of rotatable bonds is 5. The highest BCUT2D eigenvalue weighted by Gasteiger charge is 2.07. The van der Waals surface area contributed by atoms with Crippen molar-refractivity contribution in [1.29, 1.82) is 0 Å². The van der Waals surface area contributed by atoms with E-state index in [1.165, 1.54) is 6.33 Å². The summed E-state index contributed by atoms with van der Waals surface area (Å²) in [5, 5.41) is 11.3. The Balaban J connectivity index is 1.41. The number of benzene rings is 2. The van der Waals surface area contributed by atoms with E-state index in [2.05, 4.69) is 20.5 Å². The molecular weight excluding hydrogens is 340 g/mol. The summed E-state index contributed by atoms with van der Waals surface area (Å²) in [6.45, 7) is 2.63. The Kier molecular flexibility index (Phi) is 4.49. The van der Waals surface area contributed by atoms with E-state index in [0.29, 0.717) is 12.1 Å². The zero-order valence-corrected chi connectivity index (χ0v) is 14.8. The molecule has 4 aromatic rings. The second kappa shape index (κ2) is 7.25. The first-order valence-electron chi connectivity index (χ1n) is 8.52. The maximum atomic E-state index is 12.5. The summed E-state index contributed by atoms with van der Waals surface area (Å²) in [5.74, 6) is -0.151. The first-order chi connectivity index (χ1) is 13.2. The fourth-order valence-electron chi connectivity index (χ4n) is 2.72. The Labute approximate surface area is 156 Å². The van der Waals surface area contributed by atoms with Gasteiger partial charge in [0.15, 0.2) is 0 Å². The summed E-state index contributed by atoms with van der Waals surface area (Å²) in [7, 11) is 0. The van der Waals surface area contributed by atoms with Crippen molar-refractivity contribution in [2.45, 2.75) is 13.5 Å². The van der Waals surface area contributed by atoms with Crippen molar-refractivity contribution in [3.8, 4) is 5.69 Å². The van der Waals surface area contributed by atoms with Crippen LogP contribution in [0.25, 0.3) is 5.69 Å². The van der Waals surface area contributed by atoms with Crippen LogP contribution in [-0.4, -0.2) is 30.5 Å². The van der Waals surface area contributed by atoms with Crippen LogP contribution >= 0.6 is 0 Å². The van der Waals surface area contributed by atoms with Crippen LogP contribution in [0.3, 0.4) is 0 Å². The molecule has 27 heavy (non-hydrogen) atoms. The molecule has 2 aromatic carbocycles. The van der Waals surface area contributed by atoms with Crippen LogP contribution in [0, 0.1) is 6.92 Å². The lowest BCUT2D eigenvalue weighted by Gasteiger charge is -2.08. The molecule has 7 heteroatoms. The minimum atomic E-state index is -0.151. The van der Waals surface area contributed by atoms with Crippen LogP contribution in [0.4, 0.5) is 5.69 Å². The van der Waals surface area contributed by atoms with Gasteiger partial charge in [-0.3, -0.25) is 4.79 Å². The quantitative estimate of drug-likeness (QED) is 0.595. The van der Waals surface area contributed by atoms with Gasteiger partial charge in [-0.15, -0.1) is 0 Å². The summed E-state index contributed by atoms with van der Waals surface area (Å²) in [6, 6.07) is 15.0. The predicted octanol–water partition coefficient (Wildman–Crippen LogP) is 3.07. The average Bonchev–Trinajstić information content (AvgIpc) is 3.35. The van der Waals surface area contributed by atoms with Gasteiger partial charge in [0, 0.05) is 17.4 Å². The molecule has 0 fully saturated rings. The van der Waals surface area contributed by atoms with E-state index < -0.39 is 0 Å². The van der Waals surface area contributed by atoms with Gasteiger partial charge in [0.1, 0.15) is 12.7 Å². The third-order valence-corrected chi connectivity index (χ3v) is 4.13. The molecule has 2 aromatic heterocycles. The van der Waals surface area contributed by atoms with Crippen LogP contribution in [-0.2, 0) is 6.54 Å². The van der Waals surface area contributed by atoms with Crippen LogP contribution in [0.1, 0.15) is 21.5 Å². The Hall–Kier alpha value is -3.74. The minimum Gasteiger partial charge on any atom is -0.322 e. The number of aromatic nitrogens is 5. The molecule has 0 unspecified atom stereocenters.